The molecule has 0 saturated carbocycles. The molecule has 0 bridgehead atoms. The highest BCUT2D eigenvalue weighted by molar-refractivity contribution is 6.13. The van der Waals surface area contributed by atoms with Gasteiger partial charge in [-0.15, -0.1) is 0 Å². The van der Waals surface area contributed by atoms with E-state index in [9.17, 15) is 4.79 Å². The molecule has 4 rings (SSSR count). The molecule has 178 valence electrons. The molecule has 0 radical (unpaired) electrons. The normalized spacial score (nSPS) is 15.1. The highest BCUT2D eigenvalue weighted by atomic mass is 16.7. The van der Waals surface area contributed by atoms with Crippen molar-refractivity contribution in [1.29, 1.82) is 0 Å². The number of ether oxygens (including phenoxy) is 3. The van der Waals surface area contributed by atoms with Crippen LogP contribution in [0.2, 0.25) is 0 Å². The van der Waals surface area contributed by atoms with E-state index in [0.717, 1.165) is 45.0 Å². The molecule has 3 heterocycles. The van der Waals surface area contributed by atoms with E-state index < -0.39 is 11.8 Å². The van der Waals surface area contributed by atoms with Gasteiger partial charge in [0.2, 0.25) is 0 Å². The maximum atomic E-state index is 12.2. The van der Waals surface area contributed by atoms with E-state index in [2.05, 4.69) is 23.0 Å². The van der Waals surface area contributed by atoms with Gasteiger partial charge in [-0.1, -0.05) is 6.07 Å². The Labute approximate surface area is 199 Å². The Balaban J connectivity index is 1.69. The SMILES string of the molecule is Cc1cc(C)c(C=C2N=C(c3cc4c(OC(=O)OC(C)(C)C)cccc4[nH]3)C=C2OC(C)C)[nH]1. The van der Waals surface area contributed by atoms with Gasteiger partial charge in [-0.3, -0.25) is 0 Å². The number of nitrogens with one attached hydrogen (secondary N) is 2. The smallest absolute Gasteiger partial charge is 0.489 e. The standard InChI is InChI=1S/C27H31N3O4/c1-15(2)32-25-14-22(30-23(25)13-20-16(3)11-17(4)28-20)21-12-18-19(29-21)9-8-10-24(18)33-26(31)34-27(5,6)7/h8-15,28-29H,1-7H3. The van der Waals surface area contributed by atoms with Crippen molar-refractivity contribution in [3.63, 3.8) is 0 Å². The monoisotopic (exact) mass is 461 g/mol. The van der Waals surface area contributed by atoms with E-state index in [0.29, 0.717) is 11.5 Å². The molecular formula is C27H31N3O4. The van der Waals surface area contributed by atoms with E-state index in [1.165, 1.54) is 0 Å². The Bertz CT molecular complexity index is 1330. The van der Waals surface area contributed by atoms with Crippen LogP contribution < -0.4 is 4.74 Å². The van der Waals surface area contributed by atoms with Gasteiger partial charge >= 0.3 is 6.16 Å². The number of hydrogen-bond donors (Lipinski definition) is 2. The Morgan fingerprint density at radius 1 is 1.12 bits per heavy atom. The van der Waals surface area contributed by atoms with Crippen molar-refractivity contribution in [3.05, 3.63) is 70.5 Å². The van der Waals surface area contributed by atoms with Gasteiger partial charge in [-0.2, -0.15) is 0 Å². The zero-order valence-corrected chi connectivity index (χ0v) is 20.7. The van der Waals surface area contributed by atoms with Crippen molar-refractivity contribution >= 4 is 28.8 Å². The molecule has 2 aromatic heterocycles. The second-order valence-corrected chi connectivity index (χ2v) is 9.72. The Hall–Kier alpha value is -3.74. The number of carbonyl (C=O) groups is 1. The Morgan fingerprint density at radius 3 is 2.53 bits per heavy atom. The van der Waals surface area contributed by atoms with Crippen LogP contribution in [-0.4, -0.2) is 33.5 Å². The van der Waals surface area contributed by atoms with E-state index in [1.54, 1.807) is 26.8 Å². The molecule has 0 fully saturated rings. The first-order valence-corrected chi connectivity index (χ1v) is 11.4. The lowest BCUT2D eigenvalue weighted by Crippen LogP contribution is -2.26. The molecule has 1 aromatic carbocycles. The van der Waals surface area contributed by atoms with Gasteiger partial charge in [0, 0.05) is 28.4 Å². The summed E-state index contributed by atoms with van der Waals surface area (Å²) in [6.07, 6.45) is 3.20. The van der Waals surface area contributed by atoms with Crippen molar-refractivity contribution < 1.29 is 19.0 Å². The summed E-state index contributed by atoms with van der Waals surface area (Å²) in [5.74, 6) is 1.13. The first kappa shape index (κ1) is 23.4. The van der Waals surface area contributed by atoms with Gasteiger partial charge in [-0.05, 0) is 84.4 Å². The predicted molar refractivity (Wildman–Crippen MR) is 134 cm³/mol. The van der Waals surface area contributed by atoms with E-state index >= 15 is 0 Å². The first-order chi connectivity index (χ1) is 16.0. The number of hydrogen-bond acceptors (Lipinski definition) is 5. The van der Waals surface area contributed by atoms with Crippen LogP contribution in [-0.2, 0) is 9.47 Å². The highest BCUT2D eigenvalue weighted by Crippen LogP contribution is 2.31. The molecule has 0 unspecified atom stereocenters. The number of benzene rings is 1. The third kappa shape index (κ3) is 5.25. The number of fused-ring (bicyclic) bond motifs is 1. The third-order valence-electron chi connectivity index (χ3n) is 5.08. The molecule has 1 aliphatic heterocycles. The van der Waals surface area contributed by atoms with Gasteiger partial charge in [0.15, 0.2) is 0 Å². The lowest BCUT2D eigenvalue weighted by atomic mass is 10.2. The topological polar surface area (TPSA) is 88.7 Å². The summed E-state index contributed by atoms with van der Waals surface area (Å²) >= 11 is 0. The lowest BCUT2D eigenvalue weighted by molar-refractivity contribution is 0.0209. The number of nitrogens with zero attached hydrogens (tertiary/aromatic N) is 1. The molecule has 0 saturated heterocycles. The Morgan fingerprint density at radius 2 is 1.88 bits per heavy atom. The van der Waals surface area contributed by atoms with Crippen LogP contribution in [0.1, 0.15) is 57.3 Å². The zero-order chi connectivity index (χ0) is 24.6. The van der Waals surface area contributed by atoms with Gasteiger partial charge in [0.05, 0.1) is 17.5 Å². The highest BCUT2D eigenvalue weighted by Gasteiger charge is 2.22. The van der Waals surface area contributed by atoms with Gasteiger partial charge < -0.3 is 24.2 Å². The number of aliphatic imine (C=N–C) groups is 1. The molecule has 7 nitrogen and oxygen atoms in total. The van der Waals surface area contributed by atoms with Gasteiger partial charge in [-0.25, -0.2) is 9.79 Å². The average Bonchev–Trinajstić information content (AvgIpc) is 3.38. The molecule has 1 aliphatic rings. The van der Waals surface area contributed by atoms with Crippen molar-refractivity contribution in [1.82, 2.24) is 9.97 Å². The van der Waals surface area contributed by atoms with Crippen LogP contribution in [0.3, 0.4) is 0 Å². The number of carbonyl (C=O) groups excluding carboxylic acids is 1. The fourth-order valence-electron chi connectivity index (χ4n) is 3.76. The summed E-state index contributed by atoms with van der Waals surface area (Å²) in [7, 11) is 0. The second-order valence-electron chi connectivity index (χ2n) is 9.72. The van der Waals surface area contributed by atoms with Crippen LogP contribution in [0.4, 0.5) is 4.79 Å². The van der Waals surface area contributed by atoms with Crippen molar-refractivity contribution in [3.8, 4) is 5.75 Å². The van der Waals surface area contributed by atoms with Crippen LogP contribution in [0, 0.1) is 13.8 Å². The summed E-state index contributed by atoms with van der Waals surface area (Å²) in [6, 6.07) is 9.51. The molecule has 2 N–H and O–H groups in total. The molecule has 7 heteroatoms. The molecule has 0 atom stereocenters. The largest absolute Gasteiger partial charge is 0.514 e. The molecule has 0 spiro atoms. The minimum Gasteiger partial charge on any atom is -0.489 e. The third-order valence-corrected chi connectivity index (χ3v) is 5.08. The number of allylic oxidation sites excluding steroid dienone is 1. The van der Waals surface area contributed by atoms with Crippen LogP contribution in [0.5, 0.6) is 5.75 Å². The zero-order valence-electron chi connectivity index (χ0n) is 20.7. The Kier molecular flexibility index (Phi) is 6.13. The summed E-state index contributed by atoms with van der Waals surface area (Å²) in [5.41, 5.74) is 5.71. The lowest BCUT2D eigenvalue weighted by Gasteiger charge is -2.18. The number of H-pyrrole nitrogens is 2. The van der Waals surface area contributed by atoms with Gasteiger partial charge in [0.1, 0.15) is 22.8 Å². The molecule has 0 aliphatic carbocycles. The molecular weight excluding hydrogens is 430 g/mol. The van der Waals surface area contributed by atoms with Gasteiger partial charge in [0.25, 0.3) is 0 Å². The van der Waals surface area contributed by atoms with Crippen LogP contribution >= 0.6 is 0 Å². The number of aromatic amines is 2. The van der Waals surface area contributed by atoms with Crippen molar-refractivity contribution in [2.45, 2.75) is 60.2 Å². The minimum atomic E-state index is -0.740. The molecule has 34 heavy (non-hydrogen) atoms. The van der Waals surface area contributed by atoms with E-state index in [1.807, 2.05) is 51.1 Å². The number of aromatic nitrogens is 2. The average molecular weight is 462 g/mol. The summed E-state index contributed by atoms with van der Waals surface area (Å²) in [4.78, 5) is 23.8. The maximum Gasteiger partial charge on any atom is 0.514 e. The second kappa shape index (κ2) is 8.89. The summed E-state index contributed by atoms with van der Waals surface area (Å²) in [6.45, 7) is 13.5. The number of rotatable bonds is 5. The van der Waals surface area contributed by atoms with Crippen LogP contribution in [0.15, 0.2) is 52.9 Å². The van der Waals surface area contributed by atoms with Crippen molar-refractivity contribution in [2.75, 3.05) is 0 Å². The van der Waals surface area contributed by atoms with Crippen molar-refractivity contribution in [2.24, 2.45) is 4.99 Å². The quantitative estimate of drug-likeness (QED) is 0.332. The molecule has 0 amide bonds. The fraction of sp³-hybridized carbons (Fsp3) is 0.333. The fourth-order valence-corrected chi connectivity index (χ4v) is 3.76. The molecule has 3 aromatic rings. The van der Waals surface area contributed by atoms with Crippen LogP contribution in [0.25, 0.3) is 17.0 Å². The predicted octanol–water partition coefficient (Wildman–Crippen LogP) is 6.58. The maximum absolute atomic E-state index is 12.2. The van der Waals surface area contributed by atoms with E-state index in [-0.39, 0.29) is 6.10 Å². The number of aryl methyl sites for hydroxylation is 2. The first-order valence-electron chi connectivity index (χ1n) is 11.4. The summed E-state index contributed by atoms with van der Waals surface area (Å²) < 4.78 is 16.8. The minimum absolute atomic E-state index is 0.00669. The van der Waals surface area contributed by atoms with E-state index in [4.69, 9.17) is 19.2 Å². The summed E-state index contributed by atoms with van der Waals surface area (Å²) in [5, 5.41) is 0.763.